The number of aldehydes is 1. The molecule has 0 saturated carbocycles. The highest BCUT2D eigenvalue weighted by Crippen LogP contribution is 2.30. The molecular formula is C11H8FNOS. The van der Waals surface area contributed by atoms with Crippen LogP contribution in [0.1, 0.15) is 15.5 Å². The Hall–Kier alpha value is -1.55. The molecule has 1 heterocycles. The van der Waals surface area contributed by atoms with Crippen LogP contribution in [-0.2, 0) is 0 Å². The number of aryl methyl sites for hydroxylation is 1. The molecule has 0 N–H and O–H groups in total. The maximum Gasteiger partial charge on any atom is 0.169 e. The molecule has 2 rings (SSSR count). The Bertz CT molecular complexity index is 507. The molecule has 15 heavy (non-hydrogen) atoms. The van der Waals surface area contributed by atoms with Gasteiger partial charge in [0.15, 0.2) is 6.29 Å². The molecule has 0 bridgehead atoms. The second-order valence-corrected chi connectivity index (χ2v) is 4.25. The second-order valence-electron chi connectivity index (χ2n) is 3.04. The lowest BCUT2D eigenvalue weighted by Crippen LogP contribution is -1.86. The molecule has 1 aromatic carbocycles. The van der Waals surface area contributed by atoms with Crippen LogP contribution < -0.4 is 0 Å². The lowest BCUT2D eigenvalue weighted by molar-refractivity contribution is 0.112. The monoisotopic (exact) mass is 221 g/mol. The van der Waals surface area contributed by atoms with E-state index in [2.05, 4.69) is 4.98 Å². The summed E-state index contributed by atoms with van der Waals surface area (Å²) in [5.74, 6) is -0.329. The summed E-state index contributed by atoms with van der Waals surface area (Å²) in [6, 6.07) is 6.38. The highest BCUT2D eigenvalue weighted by molar-refractivity contribution is 7.15. The Labute approximate surface area is 90.4 Å². The van der Waals surface area contributed by atoms with Crippen LogP contribution in [0.5, 0.6) is 0 Å². The topological polar surface area (TPSA) is 30.0 Å². The number of aromatic nitrogens is 1. The lowest BCUT2D eigenvalue weighted by atomic mass is 10.1. The fourth-order valence-corrected chi connectivity index (χ4v) is 2.27. The molecule has 0 saturated heterocycles. The first-order valence-electron chi connectivity index (χ1n) is 4.40. The van der Waals surface area contributed by atoms with Crippen molar-refractivity contribution in [1.29, 1.82) is 0 Å². The van der Waals surface area contributed by atoms with Crippen molar-refractivity contribution in [2.24, 2.45) is 0 Å². The van der Waals surface area contributed by atoms with Gasteiger partial charge in [0.25, 0.3) is 0 Å². The molecule has 2 aromatic rings. The molecule has 76 valence electrons. The van der Waals surface area contributed by atoms with Crippen molar-refractivity contribution in [3.63, 3.8) is 0 Å². The van der Waals surface area contributed by atoms with E-state index >= 15 is 0 Å². The molecule has 0 fully saturated rings. The summed E-state index contributed by atoms with van der Waals surface area (Å²) >= 11 is 1.32. The zero-order chi connectivity index (χ0) is 10.8. The Morgan fingerprint density at radius 3 is 2.80 bits per heavy atom. The van der Waals surface area contributed by atoms with Gasteiger partial charge < -0.3 is 0 Å². The van der Waals surface area contributed by atoms with Gasteiger partial charge in [0.05, 0.1) is 9.88 Å². The first-order valence-corrected chi connectivity index (χ1v) is 5.21. The SMILES string of the molecule is Cc1nc(C=O)c(-c2ccccc2F)s1. The molecule has 0 aliphatic carbocycles. The Kier molecular flexibility index (Phi) is 2.60. The number of halogens is 1. The number of rotatable bonds is 2. The molecule has 4 heteroatoms. The normalized spacial score (nSPS) is 10.3. The average molecular weight is 221 g/mol. The molecule has 0 atom stereocenters. The zero-order valence-corrected chi connectivity index (χ0v) is 8.84. The van der Waals surface area contributed by atoms with Crippen molar-refractivity contribution >= 4 is 17.6 Å². The fourth-order valence-electron chi connectivity index (χ4n) is 1.36. The number of benzene rings is 1. The third kappa shape index (κ3) is 1.80. The molecule has 1 aromatic heterocycles. The predicted octanol–water partition coefficient (Wildman–Crippen LogP) is 3.07. The van der Waals surface area contributed by atoms with Crippen molar-refractivity contribution < 1.29 is 9.18 Å². The van der Waals surface area contributed by atoms with Gasteiger partial charge in [-0.15, -0.1) is 11.3 Å². The van der Waals surface area contributed by atoms with Gasteiger partial charge >= 0.3 is 0 Å². The van der Waals surface area contributed by atoms with E-state index in [0.717, 1.165) is 5.01 Å². The van der Waals surface area contributed by atoms with Crippen LogP contribution in [0.2, 0.25) is 0 Å². The Balaban J connectivity index is 2.63. The van der Waals surface area contributed by atoms with E-state index in [1.807, 2.05) is 0 Å². The molecule has 0 amide bonds. The van der Waals surface area contributed by atoms with Gasteiger partial charge in [-0.05, 0) is 13.0 Å². The van der Waals surface area contributed by atoms with Crippen LogP contribution >= 0.6 is 11.3 Å². The smallest absolute Gasteiger partial charge is 0.169 e. The van der Waals surface area contributed by atoms with Crippen molar-refractivity contribution in [3.05, 3.63) is 40.8 Å². The van der Waals surface area contributed by atoms with Crippen LogP contribution in [0.3, 0.4) is 0 Å². The maximum atomic E-state index is 13.5. The fraction of sp³-hybridized carbons (Fsp3) is 0.0909. The van der Waals surface area contributed by atoms with E-state index < -0.39 is 0 Å². The summed E-state index contributed by atoms with van der Waals surface area (Å²) in [6.45, 7) is 1.79. The third-order valence-electron chi connectivity index (χ3n) is 1.99. The molecular weight excluding hydrogens is 213 g/mol. The number of thiazole rings is 1. The van der Waals surface area contributed by atoms with E-state index in [-0.39, 0.29) is 5.82 Å². The van der Waals surface area contributed by atoms with E-state index in [1.165, 1.54) is 17.4 Å². The lowest BCUT2D eigenvalue weighted by Gasteiger charge is -1.98. The number of carbonyl (C=O) groups excluding carboxylic acids is 1. The van der Waals surface area contributed by atoms with Crippen LogP contribution in [-0.4, -0.2) is 11.3 Å². The number of carbonyl (C=O) groups is 1. The van der Waals surface area contributed by atoms with E-state index in [0.29, 0.717) is 22.4 Å². The summed E-state index contributed by atoms with van der Waals surface area (Å²) in [7, 11) is 0. The standard InChI is InChI=1S/C11H8FNOS/c1-7-13-10(6-14)11(15-7)8-4-2-3-5-9(8)12/h2-6H,1H3. The minimum atomic E-state index is -0.329. The molecule has 0 spiro atoms. The summed E-state index contributed by atoms with van der Waals surface area (Å²) in [5.41, 5.74) is 0.743. The Morgan fingerprint density at radius 2 is 2.13 bits per heavy atom. The van der Waals surface area contributed by atoms with Crippen molar-refractivity contribution in [2.75, 3.05) is 0 Å². The summed E-state index contributed by atoms with van der Waals surface area (Å²) in [5, 5.41) is 0.760. The minimum Gasteiger partial charge on any atom is -0.296 e. The number of nitrogens with zero attached hydrogens (tertiary/aromatic N) is 1. The van der Waals surface area contributed by atoms with Gasteiger partial charge in [-0.2, -0.15) is 0 Å². The number of hydrogen-bond acceptors (Lipinski definition) is 3. The van der Waals surface area contributed by atoms with Crippen molar-refractivity contribution in [1.82, 2.24) is 4.98 Å². The average Bonchev–Trinajstić information content (AvgIpc) is 2.60. The summed E-state index contributed by atoms with van der Waals surface area (Å²) in [6.07, 6.45) is 0.658. The van der Waals surface area contributed by atoms with Gasteiger partial charge in [-0.3, -0.25) is 4.79 Å². The molecule has 0 unspecified atom stereocenters. The Morgan fingerprint density at radius 1 is 1.40 bits per heavy atom. The third-order valence-corrected chi connectivity index (χ3v) is 3.01. The maximum absolute atomic E-state index is 13.5. The van der Waals surface area contributed by atoms with Crippen LogP contribution in [0.15, 0.2) is 24.3 Å². The van der Waals surface area contributed by atoms with Crippen LogP contribution in [0.4, 0.5) is 4.39 Å². The van der Waals surface area contributed by atoms with Crippen LogP contribution in [0, 0.1) is 12.7 Å². The summed E-state index contributed by atoms with van der Waals surface area (Å²) < 4.78 is 13.5. The first-order chi connectivity index (χ1) is 7.22. The molecule has 0 radical (unpaired) electrons. The van der Waals surface area contributed by atoms with Crippen LogP contribution in [0.25, 0.3) is 10.4 Å². The molecule has 0 aliphatic heterocycles. The second kappa shape index (κ2) is 3.90. The highest BCUT2D eigenvalue weighted by Gasteiger charge is 2.13. The predicted molar refractivity (Wildman–Crippen MR) is 57.6 cm³/mol. The van der Waals surface area contributed by atoms with E-state index in [4.69, 9.17) is 0 Å². The van der Waals surface area contributed by atoms with Gasteiger partial charge in [0.1, 0.15) is 11.5 Å². The van der Waals surface area contributed by atoms with Gasteiger partial charge in [0.2, 0.25) is 0 Å². The highest BCUT2D eigenvalue weighted by atomic mass is 32.1. The van der Waals surface area contributed by atoms with E-state index in [9.17, 15) is 9.18 Å². The summed E-state index contributed by atoms with van der Waals surface area (Å²) in [4.78, 5) is 15.4. The van der Waals surface area contributed by atoms with Crippen molar-refractivity contribution in [2.45, 2.75) is 6.92 Å². The molecule has 2 nitrogen and oxygen atoms in total. The quantitative estimate of drug-likeness (QED) is 0.729. The number of hydrogen-bond donors (Lipinski definition) is 0. The largest absolute Gasteiger partial charge is 0.296 e. The zero-order valence-electron chi connectivity index (χ0n) is 8.03. The van der Waals surface area contributed by atoms with Gasteiger partial charge in [-0.1, -0.05) is 18.2 Å². The first kappa shape index (κ1) is 9.98. The van der Waals surface area contributed by atoms with Gasteiger partial charge in [-0.25, -0.2) is 9.37 Å². The van der Waals surface area contributed by atoms with Crippen molar-refractivity contribution in [3.8, 4) is 10.4 Å². The van der Waals surface area contributed by atoms with Gasteiger partial charge in [0, 0.05) is 5.56 Å². The van der Waals surface area contributed by atoms with E-state index in [1.54, 1.807) is 25.1 Å². The molecule has 0 aliphatic rings. The minimum absolute atomic E-state index is 0.308.